The van der Waals surface area contributed by atoms with E-state index >= 15 is 0 Å². The van der Waals surface area contributed by atoms with Gasteiger partial charge < -0.3 is 21.4 Å². The number of benzene rings is 1. The lowest BCUT2D eigenvalue weighted by molar-refractivity contribution is -0.157. The summed E-state index contributed by atoms with van der Waals surface area (Å²) >= 11 is 0. The number of hydrogen-bond acceptors (Lipinski definition) is 4. The molecule has 1 aromatic carbocycles. The van der Waals surface area contributed by atoms with Crippen molar-refractivity contribution in [1.29, 1.82) is 5.41 Å². The summed E-state index contributed by atoms with van der Waals surface area (Å²) < 4.78 is 41.8. The van der Waals surface area contributed by atoms with E-state index in [9.17, 15) is 18.0 Å². The molecule has 3 aromatic rings. The predicted octanol–water partition coefficient (Wildman–Crippen LogP) is 2.09. The summed E-state index contributed by atoms with van der Waals surface area (Å²) in [5.41, 5.74) is 6.38. The van der Waals surface area contributed by atoms with E-state index in [1.807, 2.05) is 13.0 Å². The quantitative estimate of drug-likeness (QED) is 0.227. The zero-order chi connectivity index (χ0) is 21.9. The summed E-state index contributed by atoms with van der Waals surface area (Å²) in [6, 6.07) is 5.58. The Kier molecular flexibility index (Phi) is 6.11. The summed E-state index contributed by atoms with van der Waals surface area (Å²) in [6.07, 6.45) is -2.53. The third-order valence-electron chi connectivity index (χ3n) is 4.49. The number of nitrogens with zero attached hydrogens (tertiary/aromatic N) is 2. The van der Waals surface area contributed by atoms with Crippen molar-refractivity contribution in [2.24, 2.45) is 5.73 Å². The van der Waals surface area contributed by atoms with Crippen LogP contribution in [0.4, 0.5) is 13.2 Å². The molecule has 30 heavy (non-hydrogen) atoms. The minimum Gasteiger partial charge on any atom is -0.370 e. The van der Waals surface area contributed by atoms with Crippen LogP contribution in [0.5, 0.6) is 0 Å². The highest BCUT2D eigenvalue weighted by Gasteiger charge is 2.40. The van der Waals surface area contributed by atoms with Gasteiger partial charge in [0.25, 0.3) is 0 Å². The smallest absolute Gasteiger partial charge is 0.370 e. The van der Waals surface area contributed by atoms with Crippen molar-refractivity contribution >= 4 is 17.0 Å². The first-order valence-corrected chi connectivity index (χ1v) is 9.22. The van der Waals surface area contributed by atoms with Crippen LogP contribution in [0.1, 0.15) is 23.7 Å². The second-order valence-electron chi connectivity index (χ2n) is 6.86. The Bertz CT molecular complexity index is 1090. The fraction of sp³-hybridized carbons (Fsp3) is 0.316. The molecule has 1 atom stereocenters. The molecule has 8 nitrogen and oxygen atoms in total. The van der Waals surface area contributed by atoms with E-state index in [-0.39, 0.29) is 18.1 Å². The van der Waals surface area contributed by atoms with Gasteiger partial charge in [-0.15, -0.1) is 0 Å². The molecule has 0 unspecified atom stereocenters. The van der Waals surface area contributed by atoms with Crippen LogP contribution in [0.15, 0.2) is 41.3 Å². The van der Waals surface area contributed by atoms with Crippen LogP contribution in [0.2, 0.25) is 0 Å². The normalized spacial score (nSPS) is 12.8. The molecular formula is C19H22F3N7O. The van der Waals surface area contributed by atoms with Crippen molar-refractivity contribution in [3.05, 3.63) is 58.3 Å². The highest BCUT2D eigenvalue weighted by Crippen LogP contribution is 2.33. The first-order chi connectivity index (χ1) is 14.1. The third-order valence-corrected chi connectivity index (χ3v) is 4.49. The van der Waals surface area contributed by atoms with Crippen LogP contribution < -0.4 is 22.1 Å². The van der Waals surface area contributed by atoms with Crippen molar-refractivity contribution in [3.8, 4) is 5.69 Å². The molecule has 0 spiro atoms. The number of aromatic amines is 1. The SMILES string of the molecule is Cc1cc2cn(-c3ccc([C@@H](NCCCNC(=N)N)C(F)(F)F)cc3)c(=O)nc2[nH]1. The van der Waals surface area contributed by atoms with E-state index in [2.05, 4.69) is 20.6 Å². The molecule has 0 saturated carbocycles. The molecule has 2 heterocycles. The molecule has 2 aromatic heterocycles. The Morgan fingerprint density at radius 3 is 2.63 bits per heavy atom. The third kappa shape index (κ3) is 4.98. The average Bonchev–Trinajstić information content (AvgIpc) is 3.02. The van der Waals surface area contributed by atoms with Crippen LogP contribution in [-0.4, -0.2) is 39.8 Å². The Balaban J connectivity index is 1.79. The lowest BCUT2D eigenvalue weighted by atomic mass is 10.1. The zero-order valence-corrected chi connectivity index (χ0v) is 16.2. The summed E-state index contributed by atoms with van der Waals surface area (Å²) in [5.74, 6) is -0.226. The second-order valence-corrected chi connectivity index (χ2v) is 6.86. The van der Waals surface area contributed by atoms with E-state index < -0.39 is 17.9 Å². The maximum absolute atomic E-state index is 13.5. The van der Waals surface area contributed by atoms with Crippen molar-refractivity contribution in [3.63, 3.8) is 0 Å². The molecule has 0 bridgehead atoms. The largest absolute Gasteiger partial charge is 0.407 e. The minimum atomic E-state index is -4.49. The van der Waals surface area contributed by atoms with E-state index in [1.54, 1.807) is 6.20 Å². The van der Waals surface area contributed by atoms with E-state index in [1.165, 1.54) is 28.8 Å². The van der Waals surface area contributed by atoms with Gasteiger partial charge in [0, 0.05) is 23.8 Å². The fourth-order valence-electron chi connectivity index (χ4n) is 3.12. The molecule has 0 amide bonds. The number of nitrogens with two attached hydrogens (primary N) is 1. The molecule has 6 N–H and O–H groups in total. The number of nitrogens with one attached hydrogen (secondary N) is 4. The van der Waals surface area contributed by atoms with Crippen molar-refractivity contribution in [1.82, 2.24) is 25.2 Å². The Morgan fingerprint density at radius 2 is 2.00 bits per heavy atom. The van der Waals surface area contributed by atoms with Gasteiger partial charge >= 0.3 is 11.9 Å². The van der Waals surface area contributed by atoms with Gasteiger partial charge in [-0.25, -0.2) is 4.79 Å². The highest BCUT2D eigenvalue weighted by atomic mass is 19.4. The van der Waals surface area contributed by atoms with E-state index in [0.717, 1.165) is 11.1 Å². The maximum atomic E-state index is 13.5. The number of alkyl halides is 3. The fourth-order valence-corrected chi connectivity index (χ4v) is 3.12. The Labute approximate surface area is 169 Å². The summed E-state index contributed by atoms with van der Waals surface area (Å²) in [7, 11) is 0. The standard InChI is InChI=1S/C19H22F3N7O/c1-11-9-13-10-29(18(30)28-16(13)27-11)14-5-3-12(4-6-14)15(19(20,21)22)25-7-2-8-26-17(23)24/h3-6,9-10,15,25H,2,7-8H2,1H3,(H4,23,24,26)(H,27,28,30)/t15-/m1/s1. The summed E-state index contributed by atoms with van der Waals surface area (Å²) in [5, 5.41) is 12.8. The number of halogens is 3. The molecule has 3 rings (SSSR count). The maximum Gasteiger partial charge on any atom is 0.407 e. The van der Waals surface area contributed by atoms with Gasteiger partial charge in [-0.3, -0.25) is 9.98 Å². The van der Waals surface area contributed by atoms with Gasteiger partial charge in [0.15, 0.2) is 5.96 Å². The summed E-state index contributed by atoms with van der Waals surface area (Å²) in [4.78, 5) is 19.2. The minimum absolute atomic E-state index is 0.0327. The monoisotopic (exact) mass is 421 g/mol. The van der Waals surface area contributed by atoms with Crippen LogP contribution >= 0.6 is 0 Å². The Morgan fingerprint density at radius 1 is 1.30 bits per heavy atom. The number of aromatic nitrogens is 3. The molecule has 160 valence electrons. The number of rotatable bonds is 7. The van der Waals surface area contributed by atoms with Gasteiger partial charge in [-0.2, -0.15) is 18.2 Å². The van der Waals surface area contributed by atoms with Crippen LogP contribution in [0.25, 0.3) is 16.7 Å². The molecule has 11 heteroatoms. The zero-order valence-electron chi connectivity index (χ0n) is 16.2. The number of aryl methyl sites for hydroxylation is 1. The molecule has 0 fully saturated rings. The molecule has 0 aliphatic rings. The Hall–Kier alpha value is -3.34. The average molecular weight is 421 g/mol. The van der Waals surface area contributed by atoms with Gasteiger partial charge in [0.1, 0.15) is 11.7 Å². The first kappa shape index (κ1) is 21.4. The molecule has 0 radical (unpaired) electrons. The highest BCUT2D eigenvalue weighted by molar-refractivity contribution is 5.75. The number of hydrogen-bond donors (Lipinski definition) is 5. The second kappa shape index (κ2) is 8.57. The van der Waals surface area contributed by atoms with Gasteiger partial charge in [0.05, 0.1) is 5.69 Å². The van der Waals surface area contributed by atoms with Crippen LogP contribution in [0, 0.1) is 12.3 Å². The van der Waals surface area contributed by atoms with E-state index in [4.69, 9.17) is 11.1 Å². The molecular weight excluding hydrogens is 399 g/mol. The summed E-state index contributed by atoms with van der Waals surface area (Å²) in [6.45, 7) is 2.22. The lowest BCUT2D eigenvalue weighted by Gasteiger charge is -2.22. The van der Waals surface area contributed by atoms with Crippen molar-refractivity contribution in [2.45, 2.75) is 25.6 Å². The van der Waals surface area contributed by atoms with Crippen molar-refractivity contribution in [2.75, 3.05) is 13.1 Å². The van der Waals surface area contributed by atoms with Gasteiger partial charge in [-0.1, -0.05) is 12.1 Å². The predicted molar refractivity (Wildman–Crippen MR) is 108 cm³/mol. The number of H-pyrrole nitrogens is 1. The van der Waals surface area contributed by atoms with Crippen LogP contribution in [0.3, 0.4) is 0 Å². The first-order valence-electron chi connectivity index (χ1n) is 9.22. The van der Waals surface area contributed by atoms with Crippen molar-refractivity contribution < 1.29 is 13.2 Å². The lowest BCUT2D eigenvalue weighted by Crippen LogP contribution is -2.37. The van der Waals surface area contributed by atoms with Gasteiger partial charge in [-0.05, 0) is 43.7 Å². The van der Waals surface area contributed by atoms with E-state index in [0.29, 0.717) is 24.3 Å². The molecule has 0 aliphatic heterocycles. The van der Waals surface area contributed by atoms with Crippen LogP contribution in [-0.2, 0) is 0 Å². The number of guanidine groups is 1. The van der Waals surface area contributed by atoms with Gasteiger partial charge in [0.2, 0.25) is 0 Å². The molecule has 0 aliphatic carbocycles. The topological polar surface area (TPSA) is 125 Å². The molecule has 0 saturated heterocycles. The number of fused-ring (bicyclic) bond motifs is 1.